The van der Waals surface area contributed by atoms with Gasteiger partial charge in [-0.05, 0) is 30.3 Å². The minimum absolute atomic E-state index is 0.128. The van der Waals surface area contributed by atoms with Crippen LogP contribution < -0.4 is 9.47 Å². The Morgan fingerprint density at radius 1 is 1.08 bits per heavy atom. The molecule has 7 heteroatoms. The summed E-state index contributed by atoms with van der Waals surface area (Å²) in [4.78, 5) is 0.130. The van der Waals surface area contributed by atoms with Crippen LogP contribution in [0.25, 0.3) is 0 Å². The SMILES string of the molecule is COc1cccc(CN(C)S(=O)(=O)c2ccc(C#N)cc2)c1OC. The molecule has 126 valence electrons. The van der Waals surface area contributed by atoms with Gasteiger partial charge in [0.1, 0.15) is 0 Å². The van der Waals surface area contributed by atoms with E-state index in [-0.39, 0.29) is 11.4 Å². The summed E-state index contributed by atoms with van der Waals surface area (Å²) in [7, 11) is 0.850. The smallest absolute Gasteiger partial charge is 0.243 e. The minimum Gasteiger partial charge on any atom is -0.493 e. The molecule has 0 saturated carbocycles. The zero-order chi connectivity index (χ0) is 17.7. The van der Waals surface area contributed by atoms with Crippen molar-refractivity contribution >= 4 is 10.0 Å². The van der Waals surface area contributed by atoms with Crippen LogP contribution in [0.15, 0.2) is 47.4 Å². The van der Waals surface area contributed by atoms with Crippen molar-refractivity contribution in [2.45, 2.75) is 11.4 Å². The van der Waals surface area contributed by atoms with Crippen LogP contribution in [-0.2, 0) is 16.6 Å². The predicted molar refractivity (Wildman–Crippen MR) is 89.4 cm³/mol. The normalized spacial score (nSPS) is 11.1. The molecule has 0 atom stereocenters. The van der Waals surface area contributed by atoms with Crippen LogP contribution in [-0.4, -0.2) is 34.0 Å². The van der Waals surface area contributed by atoms with Gasteiger partial charge in [-0.1, -0.05) is 12.1 Å². The summed E-state index contributed by atoms with van der Waals surface area (Å²) in [5.74, 6) is 1.04. The number of hydrogen-bond donors (Lipinski definition) is 0. The maximum absolute atomic E-state index is 12.7. The van der Waals surface area contributed by atoms with Gasteiger partial charge < -0.3 is 9.47 Å². The first-order chi connectivity index (χ1) is 11.4. The molecule has 0 fully saturated rings. The third kappa shape index (κ3) is 3.50. The summed E-state index contributed by atoms with van der Waals surface area (Å²) in [6, 6.07) is 13.1. The van der Waals surface area contributed by atoms with Gasteiger partial charge in [-0.2, -0.15) is 9.57 Å². The van der Waals surface area contributed by atoms with Gasteiger partial charge >= 0.3 is 0 Å². The van der Waals surface area contributed by atoms with E-state index in [1.807, 2.05) is 6.07 Å². The first kappa shape index (κ1) is 17.8. The first-order valence-electron chi connectivity index (χ1n) is 7.10. The average molecular weight is 346 g/mol. The van der Waals surface area contributed by atoms with Crippen LogP contribution in [0.4, 0.5) is 0 Å². The Morgan fingerprint density at radius 2 is 1.75 bits per heavy atom. The van der Waals surface area contributed by atoms with Crippen LogP contribution in [0, 0.1) is 11.3 Å². The van der Waals surface area contributed by atoms with Crippen molar-refractivity contribution in [3.05, 3.63) is 53.6 Å². The van der Waals surface area contributed by atoms with Crippen molar-refractivity contribution in [1.82, 2.24) is 4.31 Å². The fraction of sp³-hybridized carbons (Fsp3) is 0.235. The van der Waals surface area contributed by atoms with Crippen LogP contribution in [0.5, 0.6) is 11.5 Å². The topological polar surface area (TPSA) is 79.6 Å². The number of methoxy groups -OCH3 is 2. The first-order valence-corrected chi connectivity index (χ1v) is 8.54. The van der Waals surface area contributed by atoms with Gasteiger partial charge in [0.05, 0.1) is 30.7 Å². The molecule has 0 aromatic heterocycles. The Hall–Kier alpha value is -2.56. The molecule has 0 saturated heterocycles. The quantitative estimate of drug-likeness (QED) is 0.802. The Labute approximate surface area is 141 Å². The lowest BCUT2D eigenvalue weighted by atomic mass is 10.2. The van der Waals surface area contributed by atoms with E-state index in [1.165, 1.54) is 49.8 Å². The molecule has 0 spiro atoms. The minimum atomic E-state index is -3.68. The van der Waals surface area contributed by atoms with E-state index in [0.717, 1.165) is 0 Å². The zero-order valence-electron chi connectivity index (χ0n) is 13.7. The maximum Gasteiger partial charge on any atom is 0.243 e. The molecule has 24 heavy (non-hydrogen) atoms. The molecule has 2 aromatic rings. The monoisotopic (exact) mass is 346 g/mol. The second kappa shape index (κ2) is 7.34. The second-order valence-corrected chi connectivity index (χ2v) is 7.09. The Balaban J connectivity index is 2.31. The highest BCUT2D eigenvalue weighted by Crippen LogP contribution is 2.32. The van der Waals surface area contributed by atoms with Crippen molar-refractivity contribution in [1.29, 1.82) is 5.26 Å². The van der Waals surface area contributed by atoms with E-state index in [0.29, 0.717) is 22.6 Å². The summed E-state index contributed by atoms with van der Waals surface area (Å²) in [5, 5.41) is 8.81. The van der Waals surface area contributed by atoms with Crippen LogP contribution in [0.2, 0.25) is 0 Å². The molecule has 0 amide bonds. The predicted octanol–water partition coefficient (Wildman–Crippen LogP) is 2.40. The van der Waals surface area contributed by atoms with Crippen LogP contribution in [0.1, 0.15) is 11.1 Å². The molecule has 0 heterocycles. The van der Waals surface area contributed by atoms with Crippen LogP contribution >= 0.6 is 0 Å². The van der Waals surface area contributed by atoms with E-state index >= 15 is 0 Å². The number of ether oxygens (including phenoxy) is 2. The van der Waals surface area contributed by atoms with Gasteiger partial charge in [0, 0.05) is 19.2 Å². The third-order valence-corrected chi connectivity index (χ3v) is 5.39. The summed E-state index contributed by atoms with van der Waals surface area (Å²) >= 11 is 0. The number of nitrogens with zero attached hydrogens (tertiary/aromatic N) is 2. The lowest BCUT2D eigenvalue weighted by molar-refractivity contribution is 0.347. The second-order valence-electron chi connectivity index (χ2n) is 5.05. The van der Waals surface area contributed by atoms with Gasteiger partial charge in [-0.3, -0.25) is 0 Å². The molecule has 2 rings (SSSR count). The Morgan fingerprint density at radius 3 is 2.29 bits per heavy atom. The summed E-state index contributed by atoms with van der Waals surface area (Å²) < 4.78 is 37.1. The van der Waals surface area contributed by atoms with Gasteiger partial charge in [0.2, 0.25) is 10.0 Å². The van der Waals surface area contributed by atoms with Crippen molar-refractivity contribution in [3.8, 4) is 17.6 Å². The van der Waals surface area contributed by atoms with Crippen LogP contribution in [0.3, 0.4) is 0 Å². The molecule has 0 radical (unpaired) electrons. The number of benzene rings is 2. The molecular formula is C17H18N2O4S. The van der Waals surface area contributed by atoms with Crippen molar-refractivity contribution in [2.75, 3.05) is 21.3 Å². The number of sulfonamides is 1. The third-order valence-electron chi connectivity index (χ3n) is 3.57. The lowest BCUT2D eigenvalue weighted by Gasteiger charge is -2.19. The van der Waals surface area contributed by atoms with Gasteiger partial charge in [0.15, 0.2) is 11.5 Å². The highest BCUT2D eigenvalue weighted by atomic mass is 32.2. The molecule has 0 N–H and O–H groups in total. The molecule has 0 aliphatic carbocycles. The van der Waals surface area contributed by atoms with E-state index in [9.17, 15) is 8.42 Å². The number of para-hydroxylation sites is 1. The largest absolute Gasteiger partial charge is 0.493 e. The highest BCUT2D eigenvalue weighted by Gasteiger charge is 2.22. The maximum atomic E-state index is 12.7. The highest BCUT2D eigenvalue weighted by molar-refractivity contribution is 7.89. The van der Waals surface area contributed by atoms with E-state index in [2.05, 4.69) is 0 Å². The van der Waals surface area contributed by atoms with E-state index in [4.69, 9.17) is 14.7 Å². The van der Waals surface area contributed by atoms with Gasteiger partial charge in [-0.15, -0.1) is 0 Å². The van der Waals surface area contributed by atoms with Crippen molar-refractivity contribution < 1.29 is 17.9 Å². The molecule has 0 unspecified atom stereocenters. The summed E-state index contributed by atoms with van der Waals surface area (Å²) in [6.07, 6.45) is 0. The van der Waals surface area contributed by atoms with Gasteiger partial charge in [0.25, 0.3) is 0 Å². The fourth-order valence-corrected chi connectivity index (χ4v) is 3.43. The lowest BCUT2D eigenvalue weighted by Crippen LogP contribution is -2.26. The molecular weight excluding hydrogens is 328 g/mol. The number of nitriles is 1. The summed E-state index contributed by atoms with van der Waals surface area (Å²) in [5.41, 5.74) is 1.10. The molecule has 6 nitrogen and oxygen atoms in total. The number of rotatable bonds is 6. The fourth-order valence-electron chi connectivity index (χ4n) is 2.28. The summed E-state index contributed by atoms with van der Waals surface area (Å²) in [6.45, 7) is 0.128. The zero-order valence-corrected chi connectivity index (χ0v) is 14.5. The molecule has 0 aliphatic heterocycles. The average Bonchev–Trinajstić information content (AvgIpc) is 2.61. The molecule has 2 aromatic carbocycles. The van der Waals surface area contributed by atoms with Crippen molar-refractivity contribution in [2.24, 2.45) is 0 Å². The van der Waals surface area contributed by atoms with Gasteiger partial charge in [-0.25, -0.2) is 8.42 Å². The van der Waals surface area contributed by atoms with E-state index in [1.54, 1.807) is 18.2 Å². The Bertz CT molecular complexity index is 855. The molecule has 0 aliphatic rings. The molecule has 0 bridgehead atoms. The Kier molecular flexibility index (Phi) is 5.44. The van der Waals surface area contributed by atoms with Crippen molar-refractivity contribution in [3.63, 3.8) is 0 Å². The number of hydrogen-bond acceptors (Lipinski definition) is 5. The standard InChI is InChI=1S/C17H18N2O4S/c1-19(12-14-5-4-6-16(22-2)17(14)23-3)24(20,21)15-9-7-13(11-18)8-10-15/h4-10H,12H2,1-3H3. The van der Waals surface area contributed by atoms with E-state index < -0.39 is 10.0 Å².